The molecule has 0 saturated carbocycles. The lowest BCUT2D eigenvalue weighted by molar-refractivity contribution is 0.233. The van der Waals surface area contributed by atoms with E-state index in [2.05, 4.69) is 67.8 Å². The maximum Gasteiger partial charge on any atom is 0.0424 e. The van der Waals surface area contributed by atoms with Crippen LogP contribution in [0.15, 0.2) is 60.7 Å². The van der Waals surface area contributed by atoms with E-state index in [1.54, 1.807) is 0 Å². The number of nitrogens with two attached hydrogens (primary N) is 1. The lowest BCUT2D eigenvalue weighted by Gasteiger charge is -2.37. The molecule has 2 nitrogen and oxygen atoms in total. The van der Waals surface area contributed by atoms with Crippen molar-refractivity contribution >= 4 is 0 Å². The van der Waals surface area contributed by atoms with Crippen molar-refractivity contribution in [1.82, 2.24) is 5.43 Å². The van der Waals surface area contributed by atoms with Gasteiger partial charge in [0.25, 0.3) is 0 Å². The number of rotatable bonds is 6. The molecule has 3 N–H and O–H groups in total. The molecule has 0 amide bonds. The molecule has 0 radical (unpaired) electrons. The highest BCUT2D eigenvalue weighted by atomic mass is 15.3. The van der Waals surface area contributed by atoms with E-state index < -0.39 is 0 Å². The Morgan fingerprint density at radius 3 is 1.55 bits per heavy atom. The molecule has 106 valence electrons. The monoisotopic (exact) mass is 268 g/mol. The predicted octanol–water partition coefficient (Wildman–Crippen LogP) is 3.33. The lowest BCUT2D eigenvalue weighted by atomic mass is 9.77. The second-order valence-corrected chi connectivity index (χ2v) is 5.78. The standard InChI is InChI=1S/C18H24N2/c1-15(2)18(20-19,13-16-9-5-3-6-10-16)14-17-11-7-4-8-12-17/h3-12,15,20H,13-14,19H2,1-2H3. The Labute approximate surface area is 122 Å². The van der Waals surface area contributed by atoms with E-state index in [9.17, 15) is 0 Å². The summed E-state index contributed by atoms with van der Waals surface area (Å²) in [5, 5.41) is 0. The molecule has 0 saturated heterocycles. The van der Waals surface area contributed by atoms with Gasteiger partial charge in [-0.1, -0.05) is 74.5 Å². The molecule has 0 aromatic heterocycles. The first kappa shape index (κ1) is 14.8. The van der Waals surface area contributed by atoms with Crippen LogP contribution in [-0.2, 0) is 12.8 Å². The molecule has 0 aliphatic heterocycles. The molecule has 0 heterocycles. The van der Waals surface area contributed by atoms with Crippen molar-refractivity contribution in [2.75, 3.05) is 0 Å². The van der Waals surface area contributed by atoms with Crippen LogP contribution in [0.1, 0.15) is 25.0 Å². The molecule has 2 rings (SSSR count). The van der Waals surface area contributed by atoms with Gasteiger partial charge in [0.2, 0.25) is 0 Å². The van der Waals surface area contributed by atoms with Crippen LogP contribution in [0.5, 0.6) is 0 Å². The second kappa shape index (κ2) is 6.69. The lowest BCUT2D eigenvalue weighted by Crippen LogP contribution is -2.56. The van der Waals surface area contributed by atoms with Crippen molar-refractivity contribution in [3.63, 3.8) is 0 Å². The SMILES string of the molecule is CC(C)C(Cc1ccccc1)(Cc1ccccc1)NN. The van der Waals surface area contributed by atoms with E-state index in [0.29, 0.717) is 5.92 Å². The van der Waals surface area contributed by atoms with Gasteiger partial charge in [-0.15, -0.1) is 0 Å². The van der Waals surface area contributed by atoms with Gasteiger partial charge in [-0.2, -0.15) is 0 Å². The van der Waals surface area contributed by atoms with Crippen LogP contribution in [0.2, 0.25) is 0 Å². The molecule has 2 aromatic rings. The molecule has 2 heteroatoms. The fourth-order valence-corrected chi connectivity index (χ4v) is 2.66. The third-order valence-corrected chi connectivity index (χ3v) is 4.12. The fourth-order valence-electron chi connectivity index (χ4n) is 2.66. The van der Waals surface area contributed by atoms with Crippen LogP contribution in [0, 0.1) is 5.92 Å². The third-order valence-electron chi connectivity index (χ3n) is 4.12. The van der Waals surface area contributed by atoms with Gasteiger partial charge in [0.05, 0.1) is 0 Å². The summed E-state index contributed by atoms with van der Waals surface area (Å²) in [5.41, 5.74) is 5.62. The van der Waals surface area contributed by atoms with E-state index in [4.69, 9.17) is 5.84 Å². The zero-order chi connectivity index (χ0) is 14.4. The van der Waals surface area contributed by atoms with E-state index >= 15 is 0 Å². The van der Waals surface area contributed by atoms with Crippen LogP contribution in [-0.4, -0.2) is 5.54 Å². The molecule has 0 aliphatic carbocycles. The number of hydrogen-bond donors (Lipinski definition) is 2. The molecule has 0 aliphatic rings. The Morgan fingerprint density at radius 1 is 0.850 bits per heavy atom. The minimum absolute atomic E-state index is 0.122. The molecular formula is C18H24N2. The summed E-state index contributed by atoms with van der Waals surface area (Å²) in [7, 11) is 0. The Bertz CT molecular complexity index is 464. The van der Waals surface area contributed by atoms with Crippen LogP contribution in [0.4, 0.5) is 0 Å². The summed E-state index contributed by atoms with van der Waals surface area (Å²) in [5.74, 6) is 6.39. The van der Waals surface area contributed by atoms with Gasteiger partial charge in [0.1, 0.15) is 0 Å². The first-order valence-electron chi connectivity index (χ1n) is 7.22. The Morgan fingerprint density at radius 2 is 1.25 bits per heavy atom. The largest absolute Gasteiger partial charge is 0.271 e. The quantitative estimate of drug-likeness (QED) is 0.623. The van der Waals surface area contributed by atoms with Crippen molar-refractivity contribution in [3.05, 3.63) is 71.8 Å². The van der Waals surface area contributed by atoms with Gasteiger partial charge in [0.15, 0.2) is 0 Å². The number of hydrogen-bond acceptors (Lipinski definition) is 2. The first-order chi connectivity index (χ1) is 9.66. The zero-order valence-electron chi connectivity index (χ0n) is 12.3. The summed E-state index contributed by atoms with van der Waals surface area (Å²) < 4.78 is 0. The highest BCUT2D eigenvalue weighted by Gasteiger charge is 2.32. The highest BCUT2D eigenvalue weighted by Crippen LogP contribution is 2.26. The van der Waals surface area contributed by atoms with Crippen LogP contribution in [0.25, 0.3) is 0 Å². The first-order valence-corrected chi connectivity index (χ1v) is 7.22. The van der Waals surface area contributed by atoms with E-state index in [-0.39, 0.29) is 5.54 Å². The van der Waals surface area contributed by atoms with Crippen molar-refractivity contribution in [3.8, 4) is 0 Å². The van der Waals surface area contributed by atoms with Crippen molar-refractivity contribution in [2.24, 2.45) is 11.8 Å². The summed E-state index contributed by atoms with van der Waals surface area (Å²) in [6.07, 6.45) is 1.85. The third kappa shape index (κ3) is 3.47. The summed E-state index contributed by atoms with van der Waals surface area (Å²) in [6.45, 7) is 4.46. The van der Waals surface area contributed by atoms with Gasteiger partial charge < -0.3 is 0 Å². The molecule has 0 fully saturated rings. The average Bonchev–Trinajstić information content (AvgIpc) is 2.48. The Kier molecular flexibility index (Phi) is 4.94. The van der Waals surface area contributed by atoms with Crippen molar-refractivity contribution in [2.45, 2.75) is 32.2 Å². The van der Waals surface area contributed by atoms with Crippen molar-refractivity contribution in [1.29, 1.82) is 0 Å². The Balaban J connectivity index is 2.26. The van der Waals surface area contributed by atoms with Crippen molar-refractivity contribution < 1.29 is 0 Å². The molecule has 0 bridgehead atoms. The summed E-state index contributed by atoms with van der Waals surface area (Å²) in [4.78, 5) is 0. The van der Waals surface area contributed by atoms with E-state index in [1.165, 1.54) is 11.1 Å². The van der Waals surface area contributed by atoms with E-state index in [1.807, 2.05) is 12.1 Å². The van der Waals surface area contributed by atoms with Gasteiger partial charge in [0, 0.05) is 5.54 Å². The second-order valence-electron chi connectivity index (χ2n) is 5.78. The molecule has 0 atom stereocenters. The molecule has 0 unspecified atom stereocenters. The smallest absolute Gasteiger partial charge is 0.0424 e. The van der Waals surface area contributed by atoms with Gasteiger partial charge in [-0.25, -0.2) is 0 Å². The summed E-state index contributed by atoms with van der Waals surface area (Å²) in [6, 6.07) is 21.1. The van der Waals surface area contributed by atoms with Crippen LogP contribution < -0.4 is 11.3 Å². The fraction of sp³-hybridized carbons (Fsp3) is 0.333. The maximum atomic E-state index is 5.95. The molecule has 2 aromatic carbocycles. The molecule has 0 spiro atoms. The number of benzene rings is 2. The van der Waals surface area contributed by atoms with Gasteiger partial charge >= 0.3 is 0 Å². The normalized spacial score (nSPS) is 11.8. The molecular weight excluding hydrogens is 244 g/mol. The van der Waals surface area contributed by atoms with Gasteiger partial charge in [-0.3, -0.25) is 11.3 Å². The zero-order valence-corrected chi connectivity index (χ0v) is 12.3. The number of hydrazine groups is 1. The average molecular weight is 268 g/mol. The van der Waals surface area contributed by atoms with E-state index in [0.717, 1.165) is 12.8 Å². The van der Waals surface area contributed by atoms with Crippen LogP contribution >= 0.6 is 0 Å². The minimum Gasteiger partial charge on any atom is -0.271 e. The van der Waals surface area contributed by atoms with Gasteiger partial charge in [-0.05, 0) is 29.9 Å². The highest BCUT2D eigenvalue weighted by molar-refractivity contribution is 5.23. The van der Waals surface area contributed by atoms with Crippen LogP contribution in [0.3, 0.4) is 0 Å². The topological polar surface area (TPSA) is 38.0 Å². The maximum absolute atomic E-state index is 5.95. The summed E-state index contributed by atoms with van der Waals surface area (Å²) >= 11 is 0. The predicted molar refractivity (Wildman–Crippen MR) is 85.2 cm³/mol. The Hall–Kier alpha value is -1.64. The minimum atomic E-state index is -0.122. The number of nitrogens with one attached hydrogen (secondary N) is 1. The molecule has 20 heavy (non-hydrogen) atoms.